The third kappa shape index (κ3) is 6.53. The van der Waals surface area contributed by atoms with E-state index < -0.39 is 0 Å². The number of halogens is 1. The molecule has 2 aromatic heterocycles. The average molecular weight is 731 g/mol. The number of carbonyl (C=O) groups is 3. The second-order valence-electron chi connectivity index (χ2n) is 14.2. The summed E-state index contributed by atoms with van der Waals surface area (Å²) in [5, 5.41) is 3.63. The van der Waals surface area contributed by atoms with E-state index in [1.807, 2.05) is 79.5 Å². The molecule has 8 nitrogen and oxygen atoms in total. The first-order chi connectivity index (χ1) is 25.2. The molecular formula is C42H39ClN4O4S. The molecule has 0 saturated carbocycles. The lowest BCUT2D eigenvalue weighted by atomic mass is 9.73. The fourth-order valence-electron chi connectivity index (χ4n) is 7.65. The number of rotatable bonds is 7. The summed E-state index contributed by atoms with van der Waals surface area (Å²) in [6.45, 7) is 7.69. The zero-order valence-corrected chi connectivity index (χ0v) is 30.8. The van der Waals surface area contributed by atoms with Gasteiger partial charge in [0.25, 0.3) is 11.8 Å². The van der Waals surface area contributed by atoms with Crippen LogP contribution < -0.4 is 15.1 Å². The summed E-state index contributed by atoms with van der Waals surface area (Å²) in [5.74, 6) is 0.375. The second kappa shape index (κ2) is 14.0. The molecule has 1 N–H and O–H groups in total. The van der Waals surface area contributed by atoms with Crippen molar-refractivity contribution in [3.05, 3.63) is 128 Å². The van der Waals surface area contributed by atoms with Crippen molar-refractivity contribution in [1.29, 1.82) is 0 Å². The van der Waals surface area contributed by atoms with Crippen LogP contribution in [0.4, 0.5) is 17.2 Å². The van der Waals surface area contributed by atoms with Gasteiger partial charge in [-0.25, -0.2) is 4.98 Å². The van der Waals surface area contributed by atoms with Crippen molar-refractivity contribution in [1.82, 2.24) is 4.98 Å². The third-order valence-electron chi connectivity index (χ3n) is 10.6. The Bertz CT molecular complexity index is 2180. The van der Waals surface area contributed by atoms with Crippen molar-refractivity contribution >= 4 is 57.7 Å². The summed E-state index contributed by atoms with van der Waals surface area (Å²) in [6, 6.07) is 24.5. The Kier molecular flexibility index (Phi) is 9.19. The first-order valence-corrected chi connectivity index (χ1v) is 18.9. The van der Waals surface area contributed by atoms with E-state index in [1.54, 1.807) is 24.3 Å². The Hall–Kier alpha value is -4.83. The highest BCUT2D eigenvalue weighted by atomic mass is 35.5. The van der Waals surface area contributed by atoms with Crippen molar-refractivity contribution in [2.45, 2.75) is 39.5 Å². The summed E-state index contributed by atoms with van der Waals surface area (Å²) < 4.78 is 5.57. The van der Waals surface area contributed by atoms with E-state index >= 15 is 0 Å². The summed E-state index contributed by atoms with van der Waals surface area (Å²) >= 11 is 7.92. The number of benzene rings is 3. The topological polar surface area (TPSA) is 91.8 Å². The summed E-state index contributed by atoms with van der Waals surface area (Å²) in [5.41, 5.74) is 7.46. The molecule has 0 unspecified atom stereocenters. The van der Waals surface area contributed by atoms with Gasteiger partial charge in [0.15, 0.2) is 5.78 Å². The SMILES string of the molecule is Cc1cnc(N2CC3(CCOCC3)C2)c(C(=O)Nc2ccc(C(=O)N3CCc4cc(C(=O)Cc5c(C)cccc5Cl)sc4-c4ccccc43)cc2)c1. The Morgan fingerprint density at radius 1 is 0.962 bits per heavy atom. The third-order valence-corrected chi connectivity index (χ3v) is 12.2. The Balaban J connectivity index is 0.976. The van der Waals surface area contributed by atoms with Gasteiger partial charge < -0.3 is 19.9 Å². The minimum Gasteiger partial charge on any atom is -0.381 e. The number of carbonyl (C=O) groups excluding carboxylic acids is 3. The number of hydrogen-bond acceptors (Lipinski definition) is 7. The minimum atomic E-state index is -0.231. The predicted octanol–water partition coefficient (Wildman–Crippen LogP) is 8.58. The quantitative estimate of drug-likeness (QED) is 0.169. The normalized spacial score (nSPS) is 16.1. The molecule has 0 radical (unpaired) electrons. The molecule has 2 saturated heterocycles. The van der Waals surface area contributed by atoms with Gasteiger partial charge in [0, 0.05) is 77.6 Å². The van der Waals surface area contributed by atoms with Gasteiger partial charge in [-0.3, -0.25) is 14.4 Å². The van der Waals surface area contributed by atoms with Gasteiger partial charge >= 0.3 is 0 Å². The Morgan fingerprint density at radius 2 is 1.73 bits per heavy atom. The van der Waals surface area contributed by atoms with Gasteiger partial charge in [-0.1, -0.05) is 41.9 Å². The van der Waals surface area contributed by atoms with Gasteiger partial charge in [0.2, 0.25) is 0 Å². The second-order valence-corrected chi connectivity index (χ2v) is 15.7. The first kappa shape index (κ1) is 34.3. The van der Waals surface area contributed by atoms with Crippen LogP contribution in [-0.4, -0.2) is 55.4 Å². The summed E-state index contributed by atoms with van der Waals surface area (Å²) in [7, 11) is 0. The number of thiophene rings is 1. The van der Waals surface area contributed by atoms with E-state index in [0.717, 1.165) is 77.5 Å². The van der Waals surface area contributed by atoms with Gasteiger partial charge in [-0.2, -0.15) is 0 Å². The zero-order valence-electron chi connectivity index (χ0n) is 29.2. The lowest BCUT2D eigenvalue weighted by molar-refractivity contribution is -0.000511. The number of anilines is 3. The van der Waals surface area contributed by atoms with Crippen LogP contribution in [0.3, 0.4) is 0 Å². The summed E-state index contributed by atoms with van der Waals surface area (Å²) in [4.78, 5) is 51.5. The van der Waals surface area contributed by atoms with Crippen LogP contribution in [0.25, 0.3) is 10.4 Å². The van der Waals surface area contributed by atoms with Crippen molar-refractivity contribution < 1.29 is 19.1 Å². The fourth-order valence-corrected chi connectivity index (χ4v) is 9.12. The van der Waals surface area contributed by atoms with Gasteiger partial charge in [-0.15, -0.1) is 11.3 Å². The smallest absolute Gasteiger partial charge is 0.259 e. The van der Waals surface area contributed by atoms with E-state index in [2.05, 4.69) is 15.2 Å². The van der Waals surface area contributed by atoms with Crippen LogP contribution in [0.5, 0.6) is 0 Å². The summed E-state index contributed by atoms with van der Waals surface area (Å²) in [6.07, 6.45) is 4.73. The first-order valence-electron chi connectivity index (χ1n) is 17.7. The highest BCUT2D eigenvalue weighted by Gasteiger charge is 2.45. The van der Waals surface area contributed by atoms with Crippen molar-refractivity contribution in [2.75, 3.05) is 48.0 Å². The number of fused-ring (bicyclic) bond motifs is 3. The van der Waals surface area contributed by atoms with Crippen molar-refractivity contribution in [2.24, 2.45) is 5.41 Å². The molecule has 8 rings (SSSR count). The van der Waals surface area contributed by atoms with Crippen molar-refractivity contribution in [3.63, 3.8) is 0 Å². The average Bonchev–Trinajstić information content (AvgIpc) is 3.51. The zero-order chi connectivity index (χ0) is 36.0. The number of Topliss-reactive ketones (excluding diaryl/α,β-unsaturated/α-hetero) is 1. The molecule has 264 valence electrons. The molecule has 52 heavy (non-hydrogen) atoms. The van der Waals surface area contributed by atoms with Crippen LogP contribution in [-0.2, 0) is 17.6 Å². The van der Waals surface area contributed by atoms with Crippen LogP contribution in [0, 0.1) is 19.3 Å². The Labute approximate surface area is 312 Å². The van der Waals surface area contributed by atoms with Crippen LogP contribution >= 0.6 is 22.9 Å². The number of pyridine rings is 1. The molecule has 0 aliphatic carbocycles. The maximum absolute atomic E-state index is 14.1. The number of para-hydroxylation sites is 1. The molecule has 3 aromatic carbocycles. The van der Waals surface area contributed by atoms with E-state index in [9.17, 15) is 14.4 Å². The lowest BCUT2D eigenvalue weighted by Gasteiger charge is -2.53. The molecule has 3 aliphatic rings. The lowest BCUT2D eigenvalue weighted by Crippen LogP contribution is -2.59. The number of amides is 2. The van der Waals surface area contributed by atoms with Crippen LogP contribution in [0.15, 0.2) is 85.1 Å². The number of aromatic nitrogens is 1. The molecular weight excluding hydrogens is 692 g/mol. The standard InChI is InChI=1S/C42H39ClN4O4S/c1-26-20-33(39(44-23-26)46-24-42(25-46)15-18-51-19-16-42)40(49)45-30-12-10-28(11-13-30)41(50)47-17-14-29-21-37(52-38(29)31-7-3-4-9-35(31)47)36(48)22-32-27(2)6-5-8-34(32)43/h3-13,20-21,23H,14-19,22,24-25H2,1-2H3,(H,45,49). The number of aryl methyl sites for hydroxylation is 2. The number of ketones is 1. The number of hydrogen-bond donors (Lipinski definition) is 1. The molecule has 5 aromatic rings. The maximum atomic E-state index is 14.1. The van der Waals surface area contributed by atoms with E-state index in [1.165, 1.54) is 11.3 Å². The van der Waals surface area contributed by atoms with E-state index in [-0.39, 0.29) is 29.4 Å². The monoisotopic (exact) mass is 730 g/mol. The maximum Gasteiger partial charge on any atom is 0.259 e. The molecule has 0 atom stereocenters. The van der Waals surface area contributed by atoms with Crippen LogP contribution in [0.1, 0.15) is 65.5 Å². The fraction of sp³-hybridized carbons (Fsp3) is 0.286. The molecule has 2 amide bonds. The molecule has 2 fully saturated rings. The number of nitrogens with zero attached hydrogens (tertiary/aromatic N) is 3. The molecule has 0 bridgehead atoms. The predicted molar refractivity (Wildman–Crippen MR) is 207 cm³/mol. The van der Waals surface area contributed by atoms with Crippen molar-refractivity contribution in [3.8, 4) is 10.4 Å². The highest BCUT2D eigenvalue weighted by Crippen LogP contribution is 2.44. The van der Waals surface area contributed by atoms with Gasteiger partial charge in [0.1, 0.15) is 5.82 Å². The largest absolute Gasteiger partial charge is 0.381 e. The molecule has 10 heteroatoms. The molecule has 5 heterocycles. The van der Waals surface area contributed by atoms with E-state index in [4.69, 9.17) is 16.3 Å². The molecule has 1 spiro atoms. The Morgan fingerprint density at radius 3 is 2.50 bits per heavy atom. The van der Waals surface area contributed by atoms with Gasteiger partial charge in [0.05, 0.1) is 16.1 Å². The minimum absolute atomic E-state index is 0.0330. The number of nitrogens with one attached hydrogen (secondary N) is 1. The van der Waals surface area contributed by atoms with Crippen LogP contribution in [0.2, 0.25) is 5.02 Å². The van der Waals surface area contributed by atoms with E-state index in [0.29, 0.717) is 45.5 Å². The highest BCUT2D eigenvalue weighted by molar-refractivity contribution is 7.17. The molecule has 3 aliphatic heterocycles. The number of ether oxygens (including phenoxy) is 1. The van der Waals surface area contributed by atoms with Gasteiger partial charge in [-0.05, 0) is 104 Å².